The van der Waals surface area contributed by atoms with Crippen LogP contribution < -0.4 is 0 Å². The van der Waals surface area contributed by atoms with Gasteiger partial charge in [0.15, 0.2) is 0 Å². The van der Waals surface area contributed by atoms with E-state index in [9.17, 15) is 4.79 Å². The number of nitrogens with zero attached hydrogens (tertiary/aromatic N) is 5. The van der Waals surface area contributed by atoms with Crippen molar-refractivity contribution in [2.75, 3.05) is 13.1 Å². The van der Waals surface area contributed by atoms with Crippen molar-refractivity contribution in [3.05, 3.63) is 72.1 Å². The van der Waals surface area contributed by atoms with Gasteiger partial charge in [-0.25, -0.2) is 9.97 Å². The molecule has 4 heterocycles. The molecular formula is C25H18N6O. The van der Waals surface area contributed by atoms with E-state index in [1.165, 1.54) is 0 Å². The minimum Gasteiger partial charge on any atom is -0.339 e. The van der Waals surface area contributed by atoms with Crippen LogP contribution in [0.1, 0.15) is 22.5 Å². The van der Waals surface area contributed by atoms with Crippen LogP contribution in [0.3, 0.4) is 0 Å². The van der Waals surface area contributed by atoms with Gasteiger partial charge in [-0.3, -0.25) is 4.79 Å². The van der Waals surface area contributed by atoms with Crippen LogP contribution in [0.2, 0.25) is 0 Å². The Morgan fingerprint density at radius 1 is 1.09 bits per heavy atom. The zero-order valence-corrected chi connectivity index (χ0v) is 17.1. The fraction of sp³-hybridized carbons (Fsp3) is 0.160. The van der Waals surface area contributed by atoms with Crippen LogP contribution in [-0.2, 0) is 0 Å². The number of aromatic nitrogens is 3. The summed E-state index contributed by atoms with van der Waals surface area (Å²) < 4.78 is 0. The number of nitrogens with one attached hydrogen (secondary N) is 1. The van der Waals surface area contributed by atoms with Crippen molar-refractivity contribution in [2.45, 2.75) is 6.42 Å². The number of likely N-dealkylation sites (tertiary alicyclic amines) is 1. The molecule has 1 fully saturated rings. The predicted molar refractivity (Wildman–Crippen MR) is 119 cm³/mol. The number of pyridine rings is 2. The number of fused-ring (bicyclic) bond motifs is 1. The van der Waals surface area contributed by atoms with Crippen molar-refractivity contribution >= 4 is 16.9 Å². The zero-order chi connectivity index (χ0) is 22.1. The third-order valence-corrected chi connectivity index (χ3v) is 5.69. The second-order valence-electron chi connectivity index (χ2n) is 7.81. The molecular weight excluding hydrogens is 400 g/mol. The van der Waals surface area contributed by atoms with Gasteiger partial charge < -0.3 is 9.88 Å². The SMILES string of the molecule is N#Cc1cccc(-c2cc3cc(-c4cccc(C(=O)N5CCC(C#N)C5)n4)cnc3[nH]2)c1. The predicted octanol–water partition coefficient (Wildman–Crippen LogP) is 4.15. The molecule has 154 valence electrons. The zero-order valence-electron chi connectivity index (χ0n) is 17.1. The highest BCUT2D eigenvalue weighted by Gasteiger charge is 2.27. The Bertz CT molecular complexity index is 1420. The molecule has 1 aliphatic heterocycles. The van der Waals surface area contributed by atoms with Crippen molar-refractivity contribution in [1.29, 1.82) is 10.5 Å². The van der Waals surface area contributed by atoms with Crippen LogP contribution in [0, 0.1) is 28.6 Å². The van der Waals surface area contributed by atoms with Gasteiger partial charge in [0.05, 0.1) is 29.3 Å². The first kappa shape index (κ1) is 19.5. The summed E-state index contributed by atoms with van der Waals surface area (Å²) in [6.45, 7) is 1.03. The van der Waals surface area contributed by atoms with E-state index in [4.69, 9.17) is 10.5 Å². The van der Waals surface area contributed by atoms with Crippen LogP contribution >= 0.6 is 0 Å². The van der Waals surface area contributed by atoms with Gasteiger partial charge in [-0.2, -0.15) is 10.5 Å². The topological polar surface area (TPSA) is 109 Å². The summed E-state index contributed by atoms with van der Waals surface area (Å²) in [5.74, 6) is -0.259. The maximum Gasteiger partial charge on any atom is 0.272 e. The fourth-order valence-electron chi connectivity index (χ4n) is 3.99. The summed E-state index contributed by atoms with van der Waals surface area (Å²) >= 11 is 0. The summed E-state index contributed by atoms with van der Waals surface area (Å²) in [6.07, 6.45) is 2.43. The van der Waals surface area contributed by atoms with Gasteiger partial charge in [0.1, 0.15) is 11.3 Å². The number of carbonyl (C=O) groups excluding carboxylic acids is 1. The molecule has 5 rings (SSSR count). The standard InChI is InChI=1S/C25H18N6O/c26-12-16-3-1-4-18(9-16)23-11-19-10-20(14-28-24(19)30-23)21-5-2-6-22(29-21)25(32)31-8-7-17(13-27)15-31/h1-6,9-11,14,17H,7-8,15H2,(H,28,30). The number of aromatic amines is 1. The van der Waals surface area contributed by atoms with E-state index < -0.39 is 0 Å². The van der Waals surface area contributed by atoms with Gasteiger partial charge in [0.25, 0.3) is 5.91 Å². The maximum absolute atomic E-state index is 12.8. The second-order valence-corrected chi connectivity index (χ2v) is 7.81. The van der Waals surface area contributed by atoms with Gasteiger partial charge in [-0.05, 0) is 48.4 Å². The van der Waals surface area contributed by atoms with Crippen molar-refractivity contribution in [1.82, 2.24) is 19.9 Å². The number of hydrogen-bond acceptors (Lipinski definition) is 5. The lowest BCUT2D eigenvalue weighted by atomic mass is 10.1. The Labute approximate surface area is 184 Å². The molecule has 3 aromatic heterocycles. The molecule has 1 unspecified atom stereocenters. The maximum atomic E-state index is 12.8. The van der Waals surface area contributed by atoms with Gasteiger partial charge in [-0.15, -0.1) is 0 Å². The van der Waals surface area contributed by atoms with E-state index in [1.54, 1.807) is 23.2 Å². The molecule has 1 saturated heterocycles. The molecule has 0 saturated carbocycles. The molecule has 0 bridgehead atoms. The highest BCUT2D eigenvalue weighted by atomic mass is 16.2. The molecule has 1 atom stereocenters. The fourth-order valence-corrected chi connectivity index (χ4v) is 3.99. The lowest BCUT2D eigenvalue weighted by Gasteiger charge is -2.15. The first-order valence-corrected chi connectivity index (χ1v) is 10.3. The number of H-pyrrole nitrogens is 1. The van der Waals surface area contributed by atoms with Gasteiger partial charge in [-0.1, -0.05) is 18.2 Å². The summed E-state index contributed by atoms with van der Waals surface area (Å²) in [7, 11) is 0. The van der Waals surface area contributed by atoms with E-state index in [1.807, 2.05) is 42.5 Å². The average molecular weight is 418 g/mol. The molecule has 0 radical (unpaired) electrons. The van der Waals surface area contributed by atoms with Gasteiger partial charge in [0.2, 0.25) is 0 Å². The van der Waals surface area contributed by atoms with Crippen molar-refractivity contribution in [3.8, 4) is 34.7 Å². The second kappa shape index (κ2) is 7.98. The summed E-state index contributed by atoms with van der Waals surface area (Å²) in [4.78, 5) is 26.9. The number of carbonyl (C=O) groups is 1. The Morgan fingerprint density at radius 3 is 2.78 bits per heavy atom. The normalized spacial score (nSPS) is 15.4. The average Bonchev–Trinajstić information content (AvgIpc) is 3.50. The number of benzene rings is 1. The van der Waals surface area contributed by atoms with Gasteiger partial charge in [0, 0.05) is 35.9 Å². The molecule has 0 aliphatic carbocycles. The molecule has 1 N–H and O–H groups in total. The van der Waals surface area contributed by atoms with Crippen LogP contribution in [0.4, 0.5) is 0 Å². The lowest BCUT2D eigenvalue weighted by molar-refractivity contribution is 0.0784. The van der Waals surface area contributed by atoms with Crippen molar-refractivity contribution in [2.24, 2.45) is 5.92 Å². The Kier molecular flexibility index (Phi) is 4.85. The quantitative estimate of drug-likeness (QED) is 0.537. The Hall–Kier alpha value is -4.49. The minimum absolute atomic E-state index is 0.106. The van der Waals surface area contributed by atoms with Crippen LogP contribution in [0.25, 0.3) is 33.5 Å². The highest BCUT2D eigenvalue weighted by molar-refractivity contribution is 5.93. The third-order valence-electron chi connectivity index (χ3n) is 5.69. The van der Waals surface area contributed by atoms with Crippen LogP contribution in [-0.4, -0.2) is 38.8 Å². The molecule has 0 spiro atoms. The largest absolute Gasteiger partial charge is 0.339 e. The van der Waals surface area contributed by atoms with Crippen LogP contribution in [0.15, 0.2) is 60.8 Å². The monoisotopic (exact) mass is 418 g/mol. The lowest BCUT2D eigenvalue weighted by Crippen LogP contribution is -2.29. The molecule has 7 heteroatoms. The number of amides is 1. The molecule has 1 amide bonds. The van der Waals surface area contributed by atoms with Crippen molar-refractivity contribution in [3.63, 3.8) is 0 Å². The van der Waals surface area contributed by atoms with Gasteiger partial charge >= 0.3 is 0 Å². The number of rotatable bonds is 3. The highest BCUT2D eigenvalue weighted by Crippen LogP contribution is 2.27. The first-order chi connectivity index (χ1) is 15.6. The summed E-state index contributed by atoms with van der Waals surface area (Å²) in [5, 5.41) is 19.1. The third kappa shape index (κ3) is 3.57. The van der Waals surface area contributed by atoms with E-state index in [0.29, 0.717) is 36.5 Å². The first-order valence-electron chi connectivity index (χ1n) is 10.3. The summed E-state index contributed by atoms with van der Waals surface area (Å²) in [5.41, 5.74) is 4.95. The van der Waals surface area contributed by atoms with E-state index in [-0.39, 0.29) is 11.8 Å². The number of nitriles is 2. The molecule has 4 aromatic rings. The van der Waals surface area contributed by atoms with E-state index >= 15 is 0 Å². The minimum atomic E-state index is -0.153. The molecule has 7 nitrogen and oxygen atoms in total. The Morgan fingerprint density at radius 2 is 1.97 bits per heavy atom. The molecule has 32 heavy (non-hydrogen) atoms. The molecule has 1 aliphatic rings. The van der Waals surface area contributed by atoms with E-state index in [0.717, 1.165) is 27.9 Å². The van der Waals surface area contributed by atoms with Crippen LogP contribution in [0.5, 0.6) is 0 Å². The smallest absolute Gasteiger partial charge is 0.272 e. The van der Waals surface area contributed by atoms with Crippen molar-refractivity contribution < 1.29 is 4.79 Å². The molecule has 1 aromatic carbocycles. The number of hydrogen-bond donors (Lipinski definition) is 1. The summed E-state index contributed by atoms with van der Waals surface area (Å²) in [6, 6.07) is 21.1. The van der Waals surface area contributed by atoms with E-state index in [2.05, 4.69) is 27.1 Å². The Balaban J connectivity index is 1.45.